The van der Waals surface area contributed by atoms with E-state index in [2.05, 4.69) is 0 Å². The van der Waals surface area contributed by atoms with Gasteiger partial charge >= 0.3 is 0 Å². The van der Waals surface area contributed by atoms with Gasteiger partial charge in [-0.15, -0.1) is 0 Å². The van der Waals surface area contributed by atoms with Crippen LogP contribution in [0.3, 0.4) is 0 Å². The summed E-state index contributed by atoms with van der Waals surface area (Å²) in [5.74, 6) is 0. The summed E-state index contributed by atoms with van der Waals surface area (Å²) in [5.41, 5.74) is 0.810. The zero-order chi connectivity index (χ0) is 13.2. The molecule has 2 rings (SSSR count). The van der Waals surface area contributed by atoms with E-state index in [1.807, 2.05) is 36.4 Å². The van der Waals surface area contributed by atoms with Crippen LogP contribution in [0.15, 0.2) is 48.5 Å². The van der Waals surface area contributed by atoms with Gasteiger partial charge in [0.05, 0.1) is 5.60 Å². The van der Waals surface area contributed by atoms with E-state index in [0.717, 1.165) is 11.1 Å². The van der Waals surface area contributed by atoms with Gasteiger partial charge in [-0.3, -0.25) is 0 Å². The van der Waals surface area contributed by atoms with Crippen molar-refractivity contribution in [2.24, 2.45) is 0 Å². The molecule has 94 valence electrons. The molecule has 0 aliphatic heterocycles. The Morgan fingerprint density at radius 2 is 1.72 bits per heavy atom. The van der Waals surface area contributed by atoms with Crippen molar-refractivity contribution in [2.45, 2.75) is 18.9 Å². The summed E-state index contributed by atoms with van der Waals surface area (Å²) in [5, 5.41) is 11.7. The van der Waals surface area contributed by atoms with Gasteiger partial charge in [0, 0.05) is 16.5 Å². The minimum absolute atomic E-state index is 0.451. The predicted molar refractivity (Wildman–Crippen MR) is 76.2 cm³/mol. The molecule has 3 heteroatoms. The van der Waals surface area contributed by atoms with E-state index in [-0.39, 0.29) is 0 Å². The molecule has 2 aromatic rings. The van der Waals surface area contributed by atoms with Crippen LogP contribution in [0.1, 0.15) is 18.1 Å². The lowest BCUT2D eigenvalue weighted by Gasteiger charge is -2.24. The fourth-order valence-corrected chi connectivity index (χ4v) is 2.41. The molecular weight excluding hydrogens is 267 g/mol. The molecule has 18 heavy (non-hydrogen) atoms. The van der Waals surface area contributed by atoms with Crippen LogP contribution in [0.25, 0.3) is 0 Å². The molecule has 0 spiro atoms. The Balaban J connectivity index is 2.28. The lowest BCUT2D eigenvalue weighted by Crippen LogP contribution is -2.24. The average molecular weight is 281 g/mol. The van der Waals surface area contributed by atoms with Crippen molar-refractivity contribution in [1.82, 2.24) is 0 Å². The van der Waals surface area contributed by atoms with Crippen LogP contribution in [0.4, 0.5) is 0 Å². The van der Waals surface area contributed by atoms with Gasteiger partial charge in [-0.1, -0.05) is 59.6 Å². The zero-order valence-electron chi connectivity index (χ0n) is 10.0. The first-order valence-electron chi connectivity index (χ1n) is 5.71. The van der Waals surface area contributed by atoms with Crippen molar-refractivity contribution >= 4 is 23.2 Å². The third-order valence-corrected chi connectivity index (χ3v) is 3.53. The van der Waals surface area contributed by atoms with Crippen LogP contribution in [0.2, 0.25) is 10.0 Å². The Morgan fingerprint density at radius 3 is 2.33 bits per heavy atom. The van der Waals surface area contributed by atoms with Gasteiger partial charge < -0.3 is 5.11 Å². The molecule has 0 heterocycles. The molecule has 0 amide bonds. The first-order chi connectivity index (χ1) is 8.49. The van der Waals surface area contributed by atoms with Crippen molar-refractivity contribution in [3.63, 3.8) is 0 Å². The van der Waals surface area contributed by atoms with Gasteiger partial charge in [-0.05, 0) is 30.2 Å². The Hall–Kier alpha value is -1.02. The number of hydrogen-bond donors (Lipinski definition) is 1. The van der Waals surface area contributed by atoms with Gasteiger partial charge in [-0.2, -0.15) is 0 Å². The predicted octanol–water partition coefficient (Wildman–Crippen LogP) is 4.44. The summed E-state index contributed by atoms with van der Waals surface area (Å²) in [6.45, 7) is 1.78. The molecule has 0 bridgehead atoms. The molecule has 0 aliphatic rings. The molecule has 0 saturated heterocycles. The minimum atomic E-state index is -0.946. The minimum Gasteiger partial charge on any atom is -0.385 e. The second-order valence-electron chi connectivity index (χ2n) is 4.55. The average Bonchev–Trinajstić information content (AvgIpc) is 2.34. The van der Waals surface area contributed by atoms with E-state index < -0.39 is 5.60 Å². The van der Waals surface area contributed by atoms with Crippen LogP contribution < -0.4 is 0 Å². The van der Waals surface area contributed by atoms with Gasteiger partial charge in [0.15, 0.2) is 0 Å². The molecule has 1 unspecified atom stereocenters. The molecule has 1 N–H and O–H groups in total. The highest BCUT2D eigenvalue weighted by Crippen LogP contribution is 2.29. The highest BCUT2D eigenvalue weighted by atomic mass is 35.5. The molecule has 0 aromatic heterocycles. The largest absolute Gasteiger partial charge is 0.385 e. The van der Waals surface area contributed by atoms with Crippen molar-refractivity contribution < 1.29 is 5.11 Å². The number of rotatable bonds is 3. The molecule has 0 fully saturated rings. The highest BCUT2D eigenvalue weighted by Gasteiger charge is 2.24. The van der Waals surface area contributed by atoms with E-state index in [0.29, 0.717) is 16.5 Å². The molecule has 1 nitrogen and oxygen atoms in total. The number of halogens is 2. The van der Waals surface area contributed by atoms with Crippen LogP contribution in [0.5, 0.6) is 0 Å². The number of benzene rings is 2. The number of hydrogen-bond acceptors (Lipinski definition) is 1. The van der Waals surface area contributed by atoms with Crippen LogP contribution in [-0.2, 0) is 12.0 Å². The second-order valence-corrected chi connectivity index (χ2v) is 5.40. The maximum atomic E-state index is 10.5. The zero-order valence-corrected chi connectivity index (χ0v) is 11.5. The second kappa shape index (κ2) is 5.31. The normalized spacial score (nSPS) is 14.2. The third-order valence-electron chi connectivity index (χ3n) is 2.95. The van der Waals surface area contributed by atoms with Crippen molar-refractivity contribution in [3.8, 4) is 0 Å². The van der Waals surface area contributed by atoms with E-state index in [1.165, 1.54) is 0 Å². The van der Waals surface area contributed by atoms with Crippen LogP contribution in [-0.4, -0.2) is 5.11 Å². The third kappa shape index (κ3) is 3.05. The summed E-state index contributed by atoms with van der Waals surface area (Å²) in [6.07, 6.45) is 0.451. The molecular formula is C15H14Cl2O. The van der Waals surface area contributed by atoms with E-state index >= 15 is 0 Å². The summed E-state index contributed by atoms with van der Waals surface area (Å²) in [6, 6.07) is 14.9. The van der Waals surface area contributed by atoms with Crippen molar-refractivity contribution in [1.29, 1.82) is 0 Å². The number of aliphatic hydroxyl groups is 1. The standard InChI is InChI=1S/C15H14Cl2O/c1-15(18,12-5-3-2-4-6-12)10-11-7-8-13(16)9-14(11)17/h2-9,18H,10H2,1H3. The van der Waals surface area contributed by atoms with Crippen LogP contribution in [0, 0.1) is 0 Å². The fourth-order valence-electron chi connectivity index (χ4n) is 1.94. The first kappa shape index (κ1) is 13.4. The summed E-state index contributed by atoms with van der Waals surface area (Å²) >= 11 is 12.0. The maximum Gasteiger partial charge on any atom is 0.0909 e. The van der Waals surface area contributed by atoms with Gasteiger partial charge in [0.2, 0.25) is 0 Å². The molecule has 0 aliphatic carbocycles. The smallest absolute Gasteiger partial charge is 0.0909 e. The van der Waals surface area contributed by atoms with E-state index in [4.69, 9.17) is 23.2 Å². The highest BCUT2D eigenvalue weighted by molar-refractivity contribution is 6.35. The van der Waals surface area contributed by atoms with Gasteiger partial charge in [0.25, 0.3) is 0 Å². The summed E-state index contributed by atoms with van der Waals surface area (Å²) < 4.78 is 0. The van der Waals surface area contributed by atoms with Crippen LogP contribution >= 0.6 is 23.2 Å². The Bertz CT molecular complexity index is 535. The van der Waals surface area contributed by atoms with Crippen molar-refractivity contribution in [2.75, 3.05) is 0 Å². The van der Waals surface area contributed by atoms with E-state index in [1.54, 1.807) is 19.1 Å². The molecule has 1 atom stereocenters. The Kier molecular flexibility index (Phi) is 3.96. The first-order valence-corrected chi connectivity index (χ1v) is 6.46. The fraction of sp³-hybridized carbons (Fsp3) is 0.200. The molecule has 0 radical (unpaired) electrons. The SMILES string of the molecule is CC(O)(Cc1ccc(Cl)cc1Cl)c1ccccc1. The topological polar surface area (TPSA) is 20.2 Å². The quantitative estimate of drug-likeness (QED) is 0.881. The molecule has 0 saturated carbocycles. The maximum absolute atomic E-state index is 10.5. The van der Waals surface area contributed by atoms with Gasteiger partial charge in [-0.25, -0.2) is 0 Å². The van der Waals surface area contributed by atoms with Gasteiger partial charge in [0.1, 0.15) is 0 Å². The monoisotopic (exact) mass is 280 g/mol. The summed E-state index contributed by atoms with van der Waals surface area (Å²) in [4.78, 5) is 0. The van der Waals surface area contributed by atoms with Crippen molar-refractivity contribution in [3.05, 3.63) is 69.7 Å². The lowest BCUT2D eigenvalue weighted by molar-refractivity contribution is 0.0576. The molecule has 2 aromatic carbocycles. The Labute approximate surface area is 117 Å². The lowest BCUT2D eigenvalue weighted by atomic mass is 9.89. The Morgan fingerprint density at radius 1 is 1.06 bits per heavy atom. The summed E-state index contributed by atoms with van der Waals surface area (Å²) in [7, 11) is 0. The van der Waals surface area contributed by atoms with E-state index in [9.17, 15) is 5.11 Å².